The Bertz CT molecular complexity index is 663. The summed E-state index contributed by atoms with van der Waals surface area (Å²) >= 11 is 0. The third-order valence-corrected chi connectivity index (χ3v) is 3.55. The number of rotatable bonds is 1. The van der Waals surface area contributed by atoms with Crippen LogP contribution in [0.4, 0.5) is 5.82 Å². The molecular weight excluding hydrogens is 224 g/mol. The van der Waals surface area contributed by atoms with E-state index in [1.54, 1.807) is 18.2 Å². The van der Waals surface area contributed by atoms with Crippen LogP contribution in [0, 0.1) is 6.92 Å². The Balaban J connectivity index is 2.77. The van der Waals surface area contributed by atoms with Crippen molar-refractivity contribution in [1.82, 2.24) is 4.98 Å². The third kappa shape index (κ3) is 1.86. The van der Waals surface area contributed by atoms with Crippen molar-refractivity contribution in [1.29, 1.82) is 0 Å². The Kier molecular flexibility index (Phi) is 2.35. The van der Waals surface area contributed by atoms with E-state index in [4.69, 9.17) is 5.73 Å². The first-order valence-electron chi connectivity index (χ1n) is 4.75. The highest BCUT2D eigenvalue weighted by Crippen LogP contribution is 2.21. The number of benzene rings is 1. The molecule has 0 saturated carbocycles. The van der Waals surface area contributed by atoms with Crippen LogP contribution < -0.4 is 5.73 Å². The molecule has 0 spiro atoms. The Morgan fingerprint density at radius 2 is 1.94 bits per heavy atom. The van der Waals surface area contributed by atoms with Crippen LogP contribution in [-0.2, 0) is 9.84 Å². The molecule has 0 radical (unpaired) electrons. The molecule has 0 aliphatic rings. The summed E-state index contributed by atoms with van der Waals surface area (Å²) in [6.07, 6.45) is 1.19. The van der Waals surface area contributed by atoms with Crippen molar-refractivity contribution in [3.05, 3.63) is 29.8 Å². The molecule has 0 saturated heterocycles. The molecule has 0 unspecified atom stereocenters. The average Bonchev–Trinajstić information content (AvgIpc) is 2.17. The van der Waals surface area contributed by atoms with Gasteiger partial charge in [0.2, 0.25) is 0 Å². The van der Waals surface area contributed by atoms with Gasteiger partial charge in [0.1, 0.15) is 5.82 Å². The van der Waals surface area contributed by atoms with E-state index >= 15 is 0 Å². The molecule has 16 heavy (non-hydrogen) atoms. The predicted molar refractivity (Wildman–Crippen MR) is 64.0 cm³/mol. The Hall–Kier alpha value is -1.62. The molecule has 2 N–H and O–H groups in total. The van der Waals surface area contributed by atoms with Crippen molar-refractivity contribution in [3.63, 3.8) is 0 Å². The van der Waals surface area contributed by atoms with Crippen LogP contribution >= 0.6 is 0 Å². The molecule has 1 heterocycles. The molecule has 5 heteroatoms. The number of pyridine rings is 1. The Labute approximate surface area is 94.0 Å². The zero-order valence-corrected chi connectivity index (χ0v) is 9.88. The van der Waals surface area contributed by atoms with E-state index in [1.807, 2.05) is 13.0 Å². The molecule has 0 aliphatic heterocycles. The van der Waals surface area contributed by atoms with Gasteiger partial charge in [-0.25, -0.2) is 13.4 Å². The van der Waals surface area contributed by atoms with E-state index < -0.39 is 9.84 Å². The second-order valence-electron chi connectivity index (χ2n) is 3.82. The molecule has 84 valence electrons. The van der Waals surface area contributed by atoms with E-state index in [2.05, 4.69) is 4.98 Å². The number of nitrogens with two attached hydrogens (primary N) is 1. The number of hydrogen-bond donors (Lipinski definition) is 1. The lowest BCUT2D eigenvalue weighted by Crippen LogP contribution is -1.98. The van der Waals surface area contributed by atoms with Crippen molar-refractivity contribution in [2.24, 2.45) is 0 Å². The fourth-order valence-electron chi connectivity index (χ4n) is 1.51. The zero-order valence-electron chi connectivity index (χ0n) is 9.06. The maximum atomic E-state index is 11.4. The zero-order chi connectivity index (χ0) is 11.9. The molecule has 0 aliphatic carbocycles. The minimum Gasteiger partial charge on any atom is -0.383 e. The largest absolute Gasteiger partial charge is 0.383 e. The van der Waals surface area contributed by atoms with Gasteiger partial charge in [0.05, 0.1) is 10.4 Å². The minimum atomic E-state index is -3.18. The molecule has 2 aromatic rings. The summed E-state index contributed by atoms with van der Waals surface area (Å²) in [5.74, 6) is 0.472. The van der Waals surface area contributed by atoms with Gasteiger partial charge in [-0.05, 0) is 36.8 Å². The summed E-state index contributed by atoms with van der Waals surface area (Å²) in [6.45, 7) is 1.84. The van der Waals surface area contributed by atoms with Crippen molar-refractivity contribution < 1.29 is 8.42 Å². The van der Waals surface area contributed by atoms with Gasteiger partial charge in [-0.2, -0.15) is 0 Å². The van der Waals surface area contributed by atoms with Gasteiger partial charge >= 0.3 is 0 Å². The van der Waals surface area contributed by atoms with Crippen LogP contribution in [0.15, 0.2) is 29.2 Å². The molecule has 2 rings (SSSR count). The molecule has 4 nitrogen and oxygen atoms in total. The average molecular weight is 236 g/mol. The van der Waals surface area contributed by atoms with Crippen molar-refractivity contribution >= 4 is 26.6 Å². The van der Waals surface area contributed by atoms with Crippen LogP contribution in [0.25, 0.3) is 10.9 Å². The maximum Gasteiger partial charge on any atom is 0.175 e. The normalized spacial score (nSPS) is 11.9. The van der Waals surface area contributed by atoms with E-state index in [0.29, 0.717) is 16.2 Å². The quantitative estimate of drug-likeness (QED) is 0.815. The first-order chi connectivity index (χ1) is 7.38. The van der Waals surface area contributed by atoms with Crippen molar-refractivity contribution in [2.45, 2.75) is 11.8 Å². The minimum absolute atomic E-state index is 0.297. The molecule has 0 atom stereocenters. The number of anilines is 1. The number of fused-ring (bicyclic) bond motifs is 1. The van der Waals surface area contributed by atoms with Gasteiger partial charge in [0.15, 0.2) is 9.84 Å². The Morgan fingerprint density at radius 1 is 1.25 bits per heavy atom. The lowest BCUT2D eigenvalue weighted by molar-refractivity contribution is 0.602. The molecule has 0 fully saturated rings. The monoisotopic (exact) mass is 236 g/mol. The predicted octanol–water partition coefficient (Wildman–Crippen LogP) is 1.53. The van der Waals surface area contributed by atoms with E-state index in [-0.39, 0.29) is 0 Å². The van der Waals surface area contributed by atoms with Crippen LogP contribution in [0.2, 0.25) is 0 Å². The van der Waals surface area contributed by atoms with E-state index in [9.17, 15) is 8.42 Å². The second-order valence-corrected chi connectivity index (χ2v) is 5.83. The maximum absolute atomic E-state index is 11.4. The highest BCUT2D eigenvalue weighted by Gasteiger charge is 2.08. The summed E-state index contributed by atoms with van der Waals surface area (Å²) in [6, 6.07) is 6.66. The van der Waals surface area contributed by atoms with E-state index in [0.717, 1.165) is 10.9 Å². The first kappa shape index (κ1) is 10.9. The Morgan fingerprint density at radius 3 is 2.56 bits per heavy atom. The molecule has 1 aromatic carbocycles. The standard InChI is InChI=1S/C11H12N2O2S/c1-7-5-8-6-9(16(2,14)15)3-4-10(8)13-11(7)12/h3-6H,1-2H3,(H2,12,13). The smallest absolute Gasteiger partial charge is 0.175 e. The third-order valence-electron chi connectivity index (χ3n) is 2.44. The second kappa shape index (κ2) is 3.45. The summed E-state index contributed by atoms with van der Waals surface area (Å²) in [7, 11) is -3.18. The summed E-state index contributed by atoms with van der Waals surface area (Å²) in [5.41, 5.74) is 7.23. The number of sulfone groups is 1. The number of aryl methyl sites for hydroxylation is 1. The van der Waals surface area contributed by atoms with E-state index in [1.165, 1.54) is 6.26 Å². The molecule has 0 amide bonds. The van der Waals surface area contributed by atoms with Crippen LogP contribution in [0.5, 0.6) is 0 Å². The number of hydrogen-bond acceptors (Lipinski definition) is 4. The van der Waals surface area contributed by atoms with Crippen molar-refractivity contribution in [2.75, 3.05) is 12.0 Å². The molecule has 0 bridgehead atoms. The van der Waals surface area contributed by atoms with Gasteiger partial charge in [-0.15, -0.1) is 0 Å². The number of nitrogen functional groups attached to an aromatic ring is 1. The van der Waals surface area contributed by atoms with Crippen molar-refractivity contribution in [3.8, 4) is 0 Å². The van der Waals surface area contributed by atoms with Crippen LogP contribution in [-0.4, -0.2) is 19.7 Å². The summed E-state index contributed by atoms with van der Waals surface area (Å²) in [5, 5.41) is 0.787. The number of nitrogens with zero attached hydrogens (tertiary/aromatic N) is 1. The SMILES string of the molecule is Cc1cc2cc(S(C)(=O)=O)ccc2nc1N. The number of aromatic nitrogens is 1. The summed E-state index contributed by atoms with van der Waals surface area (Å²) < 4.78 is 22.8. The topological polar surface area (TPSA) is 73.0 Å². The lowest BCUT2D eigenvalue weighted by Gasteiger charge is -2.04. The van der Waals surface area contributed by atoms with Gasteiger partial charge < -0.3 is 5.73 Å². The first-order valence-corrected chi connectivity index (χ1v) is 6.64. The van der Waals surface area contributed by atoms with Gasteiger partial charge in [0, 0.05) is 11.6 Å². The highest BCUT2D eigenvalue weighted by molar-refractivity contribution is 7.90. The fraction of sp³-hybridized carbons (Fsp3) is 0.182. The fourth-order valence-corrected chi connectivity index (χ4v) is 2.16. The van der Waals surface area contributed by atoms with Gasteiger partial charge in [0.25, 0.3) is 0 Å². The van der Waals surface area contributed by atoms with Crippen LogP contribution in [0.1, 0.15) is 5.56 Å². The highest BCUT2D eigenvalue weighted by atomic mass is 32.2. The molecule has 1 aromatic heterocycles. The van der Waals surface area contributed by atoms with Gasteiger partial charge in [-0.3, -0.25) is 0 Å². The van der Waals surface area contributed by atoms with Gasteiger partial charge in [-0.1, -0.05) is 0 Å². The lowest BCUT2D eigenvalue weighted by atomic mass is 10.1. The summed E-state index contributed by atoms with van der Waals surface area (Å²) in [4.78, 5) is 4.48. The van der Waals surface area contributed by atoms with Crippen LogP contribution in [0.3, 0.4) is 0 Å². The molecular formula is C11H12N2O2S.